The van der Waals surface area contributed by atoms with Crippen LogP contribution in [0.4, 0.5) is 11.4 Å². The molecule has 0 aliphatic carbocycles. The molecule has 0 aliphatic heterocycles. The highest BCUT2D eigenvalue weighted by molar-refractivity contribution is 6.31. The number of hydrogen-bond acceptors (Lipinski definition) is 2. The maximum Gasteiger partial charge on any atom is 0.257 e. The first-order valence-electron chi connectivity index (χ1n) is 6.41. The molecule has 0 aliphatic rings. The van der Waals surface area contributed by atoms with E-state index in [1.165, 1.54) is 6.92 Å². The van der Waals surface area contributed by atoms with Gasteiger partial charge in [0, 0.05) is 17.6 Å². The van der Waals surface area contributed by atoms with E-state index in [1.807, 2.05) is 13.0 Å². The normalized spacial score (nSPS) is 10.0. The third-order valence-electron chi connectivity index (χ3n) is 2.91. The van der Waals surface area contributed by atoms with E-state index < -0.39 is 0 Å². The van der Waals surface area contributed by atoms with Gasteiger partial charge in [-0.2, -0.15) is 0 Å². The van der Waals surface area contributed by atoms with E-state index in [0.29, 0.717) is 22.0 Å². The Morgan fingerprint density at radius 3 is 2.43 bits per heavy atom. The van der Waals surface area contributed by atoms with Gasteiger partial charge in [-0.25, -0.2) is 0 Å². The molecule has 2 aromatic rings. The SMILES string of the molecule is CC(=O)Nc1ccccc1C(=O)Nc1ccc(C)c(Cl)c1. The fourth-order valence-electron chi connectivity index (χ4n) is 1.85. The number of para-hydroxylation sites is 1. The van der Waals surface area contributed by atoms with Gasteiger partial charge in [0.2, 0.25) is 5.91 Å². The number of benzene rings is 2. The van der Waals surface area contributed by atoms with Crippen molar-refractivity contribution in [1.82, 2.24) is 0 Å². The van der Waals surface area contributed by atoms with Gasteiger partial charge >= 0.3 is 0 Å². The van der Waals surface area contributed by atoms with Gasteiger partial charge < -0.3 is 10.6 Å². The zero-order valence-corrected chi connectivity index (χ0v) is 12.5. The number of nitrogens with one attached hydrogen (secondary N) is 2. The summed E-state index contributed by atoms with van der Waals surface area (Å²) in [6.45, 7) is 3.29. The third-order valence-corrected chi connectivity index (χ3v) is 3.32. The van der Waals surface area contributed by atoms with Crippen LogP contribution in [0, 0.1) is 6.92 Å². The van der Waals surface area contributed by atoms with E-state index in [1.54, 1.807) is 36.4 Å². The van der Waals surface area contributed by atoms with Gasteiger partial charge in [0.15, 0.2) is 0 Å². The quantitative estimate of drug-likeness (QED) is 0.904. The van der Waals surface area contributed by atoms with Crippen molar-refractivity contribution in [3.63, 3.8) is 0 Å². The largest absolute Gasteiger partial charge is 0.326 e. The lowest BCUT2D eigenvalue weighted by Crippen LogP contribution is -2.16. The maximum absolute atomic E-state index is 12.3. The number of carbonyl (C=O) groups excluding carboxylic acids is 2. The highest BCUT2D eigenvalue weighted by Gasteiger charge is 2.12. The van der Waals surface area contributed by atoms with Crippen molar-refractivity contribution < 1.29 is 9.59 Å². The molecule has 2 rings (SSSR count). The lowest BCUT2D eigenvalue weighted by Gasteiger charge is -2.11. The number of carbonyl (C=O) groups is 2. The van der Waals surface area contributed by atoms with Crippen LogP contribution < -0.4 is 10.6 Å². The summed E-state index contributed by atoms with van der Waals surface area (Å²) in [5.74, 6) is -0.534. The summed E-state index contributed by atoms with van der Waals surface area (Å²) in [5, 5.41) is 5.99. The minimum absolute atomic E-state index is 0.228. The molecule has 4 nitrogen and oxygen atoms in total. The zero-order valence-electron chi connectivity index (χ0n) is 11.7. The molecule has 0 unspecified atom stereocenters. The molecule has 21 heavy (non-hydrogen) atoms. The molecule has 0 bridgehead atoms. The van der Waals surface area contributed by atoms with Gasteiger partial charge in [-0.05, 0) is 36.8 Å². The minimum Gasteiger partial charge on any atom is -0.326 e. The van der Waals surface area contributed by atoms with Gasteiger partial charge in [-0.3, -0.25) is 9.59 Å². The Morgan fingerprint density at radius 2 is 1.76 bits per heavy atom. The van der Waals surface area contributed by atoms with Crippen LogP contribution in [0.5, 0.6) is 0 Å². The number of halogens is 1. The van der Waals surface area contributed by atoms with Crippen molar-refractivity contribution in [2.45, 2.75) is 13.8 Å². The van der Waals surface area contributed by atoms with Gasteiger partial charge in [-0.15, -0.1) is 0 Å². The molecule has 0 atom stereocenters. The Morgan fingerprint density at radius 1 is 1.05 bits per heavy atom. The Kier molecular flexibility index (Phi) is 4.60. The number of amides is 2. The van der Waals surface area contributed by atoms with Crippen LogP contribution >= 0.6 is 11.6 Å². The predicted molar refractivity (Wildman–Crippen MR) is 84.9 cm³/mol. The summed E-state index contributed by atoms with van der Waals surface area (Å²) in [5.41, 5.74) is 2.41. The first kappa shape index (κ1) is 15.1. The van der Waals surface area contributed by atoms with Gasteiger partial charge in [0.05, 0.1) is 11.3 Å². The standard InChI is InChI=1S/C16H15ClN2O2/c1-10-7-8-12(9-14(10)17)19-16(21)13-5-3-4-6-15(13)18-11(2)20/h3-9H,1-2H3,(H,18,20)(H,19,21). The predicted octanol–water partition coefficient (Wildman–Crippen LogP) is 3.86. The van der Waals surface area contributed by atoms with Crippen molar-refractivity contribution in [2.75, 3.05) is 10.6 Å². The highest BCUT2D eigenvalue weighted by atomic mass is 35.5. The molecule has 0 spiro atoms. The van der Waals surface area contributed by atoms with Crippen LogP contribution in [-0.2, 0) is 4.79 Å². The van der Waals surface area contributed by atoms with Crippen LogP contribution in [0.15, 0.2) is 42.5 Å². The number of hydrogen-bond donors (Lipinski definition) is 2. The lowest BCUT2D eigenvalue weighted by molar-refractivity contribution is -0.114. The monoisotopic (exact) mass is 302 g/mol. The second-order valence-electron chi connectivity index (χ2n) is 4.64. The number of anilines is 2. The van der Waals surface area contributed by atoms with Crippen molar-refractivity contribution in [2.24, 2.45) is 0 Å². The topological polar surface area (TPSA) is 58.2 Å². The van der Waals surface area contributed by atoms with Gasteiger partial charge in [-0.1, -0.05) is 29.8 Å². The summed E-state index contributed by atoms with van der Waals surface area (Å²) in [6, 6.07) is 12.1. The molecule has 0 saturated carbocycles. The molecule has 0 aromatic heterocycles. The zero-order chi connectivity index (χ0) is 15.4. The van der Waals surface area contributed by atoms with Crippen LogP contribution in [0.25, 0.3) is 0 Å². The molecule has 108 valence electrons. The Labute approximate surface area is 128 Å². The van der Waals surface area contributed by atoms with Gasteiger partial charge in [0.25, 0.3) is 5.91 Å². The molecule has 5 heteroatoms. The van der Waals surface area contributed by atoms with E-state index in [-0.39, 0.29) is 11.8 Å². The van der Waals surface area contributed by atoms with Crippen molar-refractivity contribution in [3.8, 4) is 0 Å². The molecule has 2 aromatic carbocycles. The maximum atomic E-state index is 12.3. The Balaban J connectivity index is 2.24. The fourth-order valence-corrected chi connectivity index (χ4v) is 2.03. The van der Waals surface area contributed by atoms with E-state index in [9.17, 15) is 9.59 Å². The average molecular weight is 303 g/mol. The van der Waals surface area contributed by atoms with Crippen molar-refractivity contribution >= 4 is 34.8 Å². The van der Waals surface area contributed by atoms with E-state index in [2.05, 4.69) is 10.6 Å². The number of rotatable bonds is 3. The second-order valence-corrected chi connectivity index (χ2v) is 5.05. The first-order valence-corrected chi connectivity index (χ1v) is 6.79. The van der Waals surface area contributed by atoms with Gasteiger partial charge in [0.1, 0.15) is 0 Å². The Bertz CT molecular complexity index is 698. The molecule has 0 radical (unpaired) electrons. The summed E-state index contributed by atoms with van der Waals surface area (Å²) in [6.07, 6.45) is 0. The van der Waals surface area contributed by atoms with Crippen LogP contribution in [0.2, 0.25) is 5.02 Å². The lowest BCUT2D eigenvalue weighted by atomic mass is 10.1. The fraction of sp³-hybridized carbons (Fsp3) is 0.125. The van der Waals surface area contributed by atoms with E-state index in [4.69, 9.17) is 11.6 Å². The molecule has 0 fully saturated rings. The highest BCUT2D eigenvalue weighted by Crippen LogP contribution is 2.22. The summed E-state index contributed by atoms with van der Waals surface area (Å²) < 4.78 is 0. The molecule has 0 saturated heterocycles. The molecular formula is C16H15ClN2O2. The first-order chi connectivity index (χ1) is 9.97. The van der Waals surface area contributed by atoms with Crippen molar-refractivity contribution in [1.29, 1.82) is 0 Å². The van der Waals surface area contributed by atoms with E-state index in [0.717, 1.165) is 5.56 Å². The summed E-state index contributed by atoms with van der Waals surface area (Å²) in [7, 11) is 0. The van der Waals surface area contributed by atoms with E-state index >= 15 is 0 Å². The van der Waals surface area contributed by atoms with Crippen molar-refractivity contribution in [3.05, 3.63) is 58.6 Å². The van der Waals surface area contributed by atoms with Crippen LogP contribution in [0.1, 0.15) is 22.8 Å². The smallest absolute Gasteiger partial charge is 0.257 e. The van der Waals surface area contributed by atoms with Crippen LogP contribution in [-0.4, -0.2) is 11.8 Å². The van der Waals surface area contributed by atoms with Crippen LogP contribution in [0.3, 0.4) is 0 Å². The second kappa shape index (κ2) is 6.41. The molecule has 2 N–H and O–H groups in total. The molecular weight excluding hydrogens is 288 g/mol. The molecule has 2 amide bonds. The summed E-state index contributed by atoms with van der Waals surface area (Å²) >= 11 is 6.04. The minimum atomic E-state index is -0.306. The average Bonchev–Trinajstić information content (AvgIpc) is 2.43. The summed E-state index contributed by atoms with van der Waals surface area (Å²) in [4.78, 5) is 23.5. The Hall–Kier alpha value is -2.33. The third kappa shape index (κ3) is 3.83. The molecule has 0 heterocycles. The number of aryl methyl sites for hydroxylation is 1.